The number of hydrogen-bond donors (Lipinski definition) is 0. The Morgan fingerprint density at radius 2 is 2.25 bits per heavy atom. The number of nitrogens with zero attached hydrogens (tertiary/aromatic N) is 3. The molecule has 16 heavy (non-hydrogen) atoms. The molecule has 0 aliphatic carbocycles. The van der Waals surface area contributed by atoms with E-state index in [2.05, 4.69) is 10.3 Å². The zero-order valence-electron chi connectivity index (χ0n) is 9.47. The first-order chi connectivity index (χ1) is 7.67. The third-order valence-electron chi connectivity index (χ3n) is 2.64. The lowest BCUT2D eigenvalue weighted by Gasteiger charge is -2.00. The number of nitroso groups, excluding NO2 is 1. The maximum Gasteiger partial charge on any atom is 0.133 e. The molecule has 5 nitrogen and oxygen atoms in total. The Morgan fingerprint density at radius 3 is 2.88 bits per heavy atom. The molecule has 0 bridgehead atoms. The predicted molar refractivity (Wildman–Crippen MR) is 61.5 cm³/mol. The van der Waals surface area contributed by atoms with Crippen LogP contribution >= 0.6 is 0 Å². The maximum absolute atomic E-state index is 10.6. The van der Waals surface area contributed by atoms with Gasteiger partial charge in [-0.15, -0.1) is 0 Å². The molecule has 0 fully saturated rings. The van der Waals surface area contributed by atoms with E-state index in [4.69, 9.17) is 4.74 Å². The fraction of sp³-hybridized carbons (Fsp3) is 0.364. The number of rotatable bonds is 3. The summed E-state index contributed by atoms with van der Waals surface area (Å²) in [6.45, 7) is 1.74. The van der Waals surface area contributed by atoms with Crippen molar-refractivity contribution in [3.63, 3.8) is 0 Å². The van der Waals surface area contributed by atoms with Crippen molar-refractivity contribution >= 4 is 10.9 Å². The van der Waals surface area contributed by atoms with Gasteiger partial charge in [-0.3, -0.25) is 4.68 Å². The molecule has 1 unspecified atom stereocenters. The van der Waals surface area contributed by atoms with Crippen LogP contribution in [0.15, 0.2) is 23.4 Å². The van der Waals surface area contributed by atoms with Gasteiger partial charge in [-0.2, -0.15) is 10.0 Å². The molecule has 1 heterocycles. The molecule has 5 heteroatoms. The summed E-state index contributed by atoms with van der Waals surface area (Å²) in [6, 6.07) is 5.21. The Bertz CT molecular complexity index is 533. The minimum atomic E-state index is -0.433. The van der Waals surface area contributed by atoms with Gasteiger partial charge in [-0.25, -0.2) is 0 Å². The molecular formula is C11H13N3O2. The number of benzene rings is 1. The molecule has 2 rings (SSSR count). The normalized spacial score (nSPS) is 12.7. The van der Waals surface area contributed by atoms with E-state index >= 15 is 0 Å². The van der Waals surface area contributed by atoms with E-state index in [-0.39, 0.29) is 0 Å². The number of hydrogen-bond acceptors (Lipinski definition) is 4. The second-order valence-corrected chi connectivity index (χ2v) is 3.67. The first-order valence-corrected chi connectivity index (χ1v) is 5.00. The minimum absolute atomic E-state index is 0.433. The lowest BCUT2D eigenvalue weighted by atomic mass is 10.1. The summed E-state index contributed by atoms with van der Waals surface area (Å²) in [4.78, 5) is 10.6. The van der Waals surface area contributed by atoms with Gasteiger partial charge in [0, 0.05) is 18.5 Å². The number of ether oxygens (including phenoxy) is 1. The van der Waals surface area contributed by atoms with Crippen LogP contribution in [0, 0.1) is 4.91 Å². The Balaban J connectivity index is 2.66. The van der Waals surface area contributed by atoms with Crippen LogP contribution in [-0.4, -0.2) is 16.9 Å². The largest absolute Gasteiger partial charge is 0.497 e. The molecule has 1 aromatic carbocycles. The third kappa shape index (κ3) is 1.54. The molecule has 0 aliphatic rings. The Morgan fingerprint density at radius 1 is 1.50 bits per heavy atom. The van der Waals surface area contributed by atoms with E-state index < -0.39 is 6.04 Å². The summed E-state index contributed by atoms with van der Waals surface area (Å²) in [6.07, 6.45) is 0. The molecule has 2 aromatic rings. The van der Waals surface area contributed by atoms with Crippen LogP contribution < -0.4 is 4.74 Å². The fourth-order valence-corrected chi connectivity index (χ4v) is 1.75. The van der Waals surface area contributed by atoms with Gasteiger partial charge in [0.1, 0.15) is 11.8 Å². The van der Waals surface area contributed by atoms with Crippen molar-refractivity contribution in [3.8, 4) is 5.75 Å². The van der Waals surface area contributed by atoms with Crippen molar-refractivity contribution in [2.24, 2.45) is 12.2 Å². The number of methoxy groups -OCH3 is 1. The quantitative estimate of drug-likeness (QED) is 0.745. The van der Waals surface area contributed by atoms with E-state index in [1.165, 1.54) is 0 Å². The van der Waals surface area contributed by atoms with Crippen molar-refractivity contribution < 1.29 is 4.74 Å². The van der Waals surface area contributed by atoms with Crippen LogP contribution in [0.2, 0.25) is 0 Å². The standard InChI is InChI=1S/C11H13N3O2/c1-7(13-15)11-9-5-4-8(16-3)6-10(9)14(2)12-11/h4-7H,1-3H3. The topological polar surface area (TPSA) is 56.5 Å². The molecule has 0 N–H and O–H groups in total. The first kappa shape index (κ1) is 10.6. The lowest BCUT2D eigenvalue weighted by Crippen LogP contribution is -1.93. The second kappa shape index (κ2) is 3.92. The van der Waals surface area contributed by atoms with Gasteiger partial charge >= 0.3 is 0 Å². The smallest absolute Gasteiger partial charge is 0.133 e. The molecule has 1 aromatic heterocycles. The third-order valence-corrected chi connectivity index (χ3v) is 2.64. The molecule has 0 spiro atoms. The highest BCUT2D eigenvalue weighted by Crippen LogP contribution is 2.27. The Labute approximate surface area is 93.0 Å². The zero-order chi connectivity index (χ0) is 11.7. The summed E-state index contributed by atoms with van der Waals surface area (Å²) >= 11 is 0. The highest BCUT2D eigenvalue weighted by Gasteiger charge is 2.15. The van der Waals surface area contributed by atoms with Crippen LogP contribution in [0.1, 0.15) is 18.7 Å². The molecule has 0 saturated carbocycles. The summed E-state index contributed by atoms with van der Waals surface area (Å²) in [5.74, 6) is 0.772. The number of fused-ring (bicyclic) bond motifs is 1. The summed E-state index contributed by atoms with van der Waals surface area (Å²) in [7, 11) is 3.46. The van der Waals surface area contributed by atoms with E-state index in [9.17, 15) is 4.91 Å². The van der Waals surface area contributed by atoms with Crippen molar-refractivity contribution in [1.82, 2.24) is 9.78 Å². The average molecular weight is 219 g/mol. The highest BCUT2D eigenvalue weighted by atomic mass is 16.5. The van der Waals surface area contributed by atoms with Gasteiger partial charge in [0.15, 0.2) is 0 Å². The van der Waals surface area contributed by atoms with Gasteiger partial charge < -0.3 is 4.74 Å². The van der Waals surface area contributed by atoms with Crippen LogP contribution in [0.4, 0.5) is 0 Å². The maximum atomic E-state index is 10.6. The Kier molecular flexibility index (Phi) is 2.60. The number of aromatic nitrogens is 2. The molecule has 84 valence electrons. The highest BCUT2D eigenvalue weighted by molar-refractivity contribution is 5.83. The molecule has 0 saturated heterocycles. The zero-order valence-corrected chi connectivity index (χ0v) is 9.47. The van der Waals surface area contributed by atoms with Crippen molar-refractivity contribution in [3.05, 3.63) is 28.8 Å². The van der Waals surface area contributed by atoms with Gasteiger partial charge in [0.25, 0.3) is 0 Å². The van der Waals surface area contributed by atoms with Crippen LogP contribution in [0.25, 0.3) is 10.9 Å². The average Bonchev–Trinajstić information content (AvgIpc) is 2.65. The van der Waals surface area contributed by atoms with E-state index in [1.54, 1.807) is 18.7 Å². The molecule has 1 atom stereocenters. The van der Waals surface area contributed by atoms with Crippen molar-refractivity contribution in [2.45, 2.75) is 13.0 Å². The molecule has 0 amide bonds. The fourth-order valence-electron chi connectivity index (χ4n) is 1.75. The molecular weight excluding hydrogens is 206 g/mol. The van der Waals surface area contributed by atoms with E-state index in [0.717, 1.165) is 16.7 Å². The minimum Gasteiger partial charge on any atom is -0.497 e. The molecule has 0 aliphatic heterocycles. The number of aryl methyl sites for hydroxylation is 1. The van der Waals surface area contributed by atoms with Crippen LogP contribution in [-0.2, 0) is 7.05 Å². The van der Waals surface area contributed by atoms with Crippen LogP contribution in [0.5, 0.6) is 5.75 Å². The van der Waals surface area contributed by atoms with Crippen molar-refractivity contribution in [2.75, 3.05) is 7.11 Å². The predicted octanol–water partition coefficient (Wildman–Crippen LogP) is 2.41. The van der Waals surface area contributed by atoms with E-state index in [1.807, 2.05) is 25.2 Å². The van der Waals surface area contributed by atoms with Gasteiger partial charge in [-0.1, -0.05) is 5.18 Å². The summed E-state index contributed by atoms with van der Waals surface area (Å²) < 4.78 is 6.88. The van der Waals surface area contributed by atoms with Gasteiger partial charge in [-0.05, 0) is 19.1 Å². The molecule has 0 radical (unpaired) electrons. The Hall–Kier alpha value is -1.91. The SMILES string of the molecule is COc1ccc2c(C(C)N=O)nn(C)c2c1. The van der Waals surface area contributed by atoms with Crippen LogP contribution in [0.3, 0.4) is 0 Å². The second-order valence-electron chi connectivity index (χ2n) is 3.67. The first-order valence-electron chi connectivity index (χ1n) is 5.00. The van der Waals surface area contributed by atoms with Crippen molar-refractivity contribution in [1.29, 1.82) is 0 Å². The van der Waals surface area contributed by atoms with Gasteiger partial charge in [0.2, 0.25) is 0 Å². The monoisotopic (exact) mass is 219 g/mol. The summed E-state index contributed by atoms with van der Waals surface area (Å²) in [5.41, 5.74) is 1.64. The van der Waals surface area contributed by atoms with E-state index in [0.29, 0.717) is 5.69 Å². The summed E-state index contributed by atoms with van der Waals surface area (Å²) in [5, 5.41) is 8.25. The lowest BCUT2D eigenvalue weighted by molar-refractivity contribution is 0.415. The van der Waals surface area contributed by atoms with Gasteiger partial charge in [0.05, 0.1) is 18.3 Å².